The third-order valence-corrected chi connectivity index (χ3v) is 2.90. The number of hydrogen-bond donors (Lipinski definition) is 0. The first kappa shape index (κ1) is 12.0. The summed E-state index contributed by atoms with van der Waals surface area (Å²) in [4.78, 5) is 24.6. The van der Waals surface area contributed by atoms with Gasteiger partial charge < -0.3 is 0 Å². The molecule has 1 aliphatic rings. The van der Waals surface area contributed by atoms with Crippen molar-refractivity contribution in [2.75, 3.05) is 6.54 Å². The molecule has 1 aliphatic heterocycles. The third kappa shape index (κ3) is 3.18. The predicted molar refractivity (Wildman–Crippen MR) is 59.2 cm³/mol. The number of nitrogens with zero attached hydrogens (tertiary/aromatic N) is 1. The van der Waals surface area contributed by atoms with Crippen LogP contribution in [0.5, 0.6) is 0 Å². The number of rotatable bonds is 1. The molecule has 0 radical (unpaired) electrons. The molecule has 15 heavy (non-hydrogen) atoms. The minimum absolute atomic E-state index is 0.0383. The molecule has 0 bridgehead atoms. The molecule has 84 valence electrons. The molecule has 0 N–H and O–H groups in total. The molecule has 3 nitrogen and oxygen atoms in total. The van der Waals surface area contributed by atoms with Gasteiger partial charge in [-0.3, -0.25) is 14.5 Å². The van der Waals surface area contributed by atoms with Crippen LogP contribution in [0.3, 0.4) is 0 Å². The minimum Gasteiger partial charge on any atom is -0.279 e. The Bertz CT molecular complexity index is 292. The molecular formula is C12H19NO2. The van der Waals surface area contributed by atoms with E-state index in [4.69, 9.17) is 0 Å². The van der Waals surface area contributed by atoms with Gasteiger partial charge in [0.2, 0.25) is 5.91 Å². The predicted octanol–water partition coefficient (Wildman–Crippen LogP) is 2.13. The Hall–Kier alpha value is -1.12. The van der Waals surface area contributed by atoms with E-state index >= 15 is 0 Å². The number of hydrogen-bond acceptors (Lipinski definition) is 2. The van der Waals surface area contributed by atoms with Gasteiger partial charge in [-0.15, -0.1) is 0 Å². The zero-order valence-electron chi connectivity index (χ0n) is 9.75. The van der Waals surface area contributed by atoms with E-state index in [2.05, 4.69) is 13.8 Å². The van der Waals surface area contributed by atoms with Gasteiger partial charge in [0.1, 0.15) is 0 Å². The Balaban J connectivity index is 2.74. The van der Waals surface area contributed by atoms with Gasteiger partial charge in [0.25, 0.3) is 5.91 Å². The average Bonchev–Trinajstić information content (AvgIpc) is 2.27. The maximum atomic E-state index is 11.7. The Kier molecular flexibility index (Phi) is 3.66. The summed E-state index contributed by atoms with van der Waals surface area (Å²) in [7, 11) is 0. The Morgan fingerprint density at radius 3 is 2.67 bits per heavy atom. The standard InChI is InChI=1S/C12H19NO2/c1-4-5-10(14)13-9-8-12(2,3)7-6-11(13)15/h4-5H,6-9H2,1-3H3/b5-4+. The van der Waals surface area contributed by atoms with Gasteiger partial charge in [0.05, 0.1) is 0 Å². The van der Waals surface area contributed by atoms with Gasteiger partial charge in [-0.25, -0.2) is 0 Å². The summed E-state index contributed by atoms with van der Waals surface area (Å²) in [5, 5.41) is 0. The maximum Gasteiger partial charge on any atom is 0.252 e. The monoisotopic (exact) mass is 209 g/mol. The van der Waals surface area contributed by atoms with Crippen molar-refractivity contribution >= 4 is 11.8 Å². The smallest absolute Gasteiger partial charge is 0.252 e. The van der Waals surface area contributed by atoms with Crippen LogP contribution in [0.4, 0.5) is 0 Å². The summed E-state index contributed by atoms with van der Waals surface area (Å²) in [5.41, 5.74) is 0.167. The van der Waals surface area contributed by atoms with Crippen LogP contribution in [0.25, 0.3) is 0 Å². The molecule has 0 aromatic rings. The molecule has 1 heterocycles. The summed E-state index contributed by atoms with van der Waals surface area (Å²) < 4.78 is 0. The van der Waals surface area contributed by atoms with E-state index in [0.29, 0.717) is 13.0 Å². The number of amides is 2. The quantitative estimate of drug-likeness (QED) is 0.620. The number of likely N-dealkylation sites (tertiary alicyclic amines) is 1. The zero-order chi connectivity index (χ0) is 11.5. The molecule has 1 fully saturated rings. The van der Waals surface area contributed by atoms with Crippen LogP contribution in [-0.4, -0.2) is 23.3 Å². The van der Waals surface area contributed by atoms with Crippen molar-refractivity contribution in [3.63, 3.8) is 0 Å². The second kappa shape index (κ2) is 4.60. The first-order valence-corrected chi connectivity index (χ1v) is 5.43. The highest BCUT2D eigenvalue weighted by atomic mass is 16.2. The van der Waals surface area contributed by atoms with Crippen LogP contribution < -0.4 is 0 Å². The fourth-order valence-corrected chi connectivity index (χ4v) is 1.71. The van der Waals surface area contributed by atoms with Gasteiger partial charge in [-0.05, 0) is 31.3 Å². The molecule has 0 aliphatic carbocycles. The lowest BCUT2D eigenvalue weighted by Crippen LogP contribution is -2.35. The van der Waals surface area contributed by atoms with E-state index in [1.54, 1.807) is 13.0 Å². The second-order valence-corrected chi connectivity index (χ2v) is 4.80. The first-order chi connectivity index (χ1) is 6.96. The SMILES string of the molecule is C/C=C/C(=O)N1CCC(C)(C)CCC1=O. The molecule has 0 saturated carbocycles. The third-order valence-electron chi connectivity index (χ3n) is 2.90. The van der Waals surface area contributed by atoms with Crippen molar-refractivity contribution < 1.29 is 9.59 Å². The summed E-state index contributed by atoms with van der Waals surface area (Å²) >= 11 is 0. The maximum absolute atomic E-state index is 11.7. The number of carbonyl (C=O) groups excluding carboxylic acids is 2. The molecular weight excluding hydrogens is 190 g/mol. The Morgan fingerprint density at radius 1 is 1.40 bits per heavy atom. The highest BCUT2D eigenvalue weighted by Crippen LogP contribution is 2.30. The van der Waals surface area contributed by atoms with Crippen molar-refractivity contribution in [2.24, 2.45) is 5.41 Å². The fraction of sp³-hybridized carbons (Fsp3) is 0.667. The lowest BCUT2D eigenvalue weighted by atomic mass is 9.85. The van der Waals surface area contributed by atoms with E-state index in [9.17, 15) is 9.59 Å². The largest absolute Gasteiger partial charge is 0.279 e. The highest BCUT2D eigenvalue weighted by molar-refractivity contribution is 6.01. The van der Waals surface area contributed by atoms with Gasteiger partial charge in [0, 0.05) is 13.0 Å². The summed E-state index contributed by atoms with van der Waals surface area (Å²) in [5.74, 6) is -0.219. The molecule has 0 unspecified atom stereocenters. The van der Waals surface area contributed by atoms with E-state index < -0.39 is 0 Å². The molecule has 0 spiro atoms. The Labute approximate surface area is 91.1 Å². The second-order valence-electron chi connectivity index (χ2n) is 4.80. The van der Waals surface area contributed by atoms with Gasteiger partial charge >= 0.3 is 0 Å². The zero-order valence-corrected chi connectivity index (χ0v) is 9.75. The van der Waals surface area contributed by atoms with Gasteiger partial charge in [0.15, 0.2) is 0 Å². The van der Waals surface area contributed by atoms with E-state index in [1.165, 1.54) is 11.0 Å². The van der Waals surface area contributed by atoms with Crippen molar-refractivity contribution in [1.29, 1.82) is 0 Å². The lowest BCUT2D eigenvalue weighted by Gasteiger charge is -2.21. The fourth-order valence-electron chi connectivity index (χ4n) is 1.71. The topological polar surface area (TPSA) is 37.4 Å². The molecule has 1 rings (SSSR count). The summed E-state index contributed by atoms with van der Waals surface area (Å²) in [6, 6.07) is 0. The number of carbonyl (C=O) groups is 2. The van der Waals surface area contributed by atoms with Gasteiger partial charge in [-0.1, -0.05) is 19.9 Å². The number of allylic oxidation sites excluding steroid dienone is 1. The van der Waals surface area contributed by atoms with Gasteiger partial charge in [-0.2, -0.15) is 0 Å². The van der Waals surface area contributed by atoms with Crippen LogP contribution in [0, 0.1) is 5.41 Å². The van der Waals surface area contributed by atoms with Crippen molar-refractivity contribution in [3.05, 3.63) is 12.2 Å². The first-order valence-electron chi connectivity index (χ1n) is 5.43. The highest BCUT2D eigenvalue weighted by Gasteiger charge is 2.29. The van der Waals surface area contributed by atoms with Crippen LogP contribution in [0.1, 0.15) is 40.0 Å². The van der Waals surface area contributed by atoms with Crippen molar-refractivity contribution in [1.82, 2.24) is 4.90 Å². The van der Waals surface area contributed by atoms with Crippen LogP contribution in [0.15, 0.2) is 12.2 Å². The molecule has 0 atom stereocenters. The normalized spacial score (nSPS) is 21.8. The summed E-state index contributed by atoms with van der Waals surface area (Å²) in [6.07, 6.45) is 5.37. The van der Waals surface area contributed by atoms with Crippen molar-refractivity contribution in [2.45, 2.75) is 40.0 Å². The molecule has 3 heteroatoms. The lowest BCUT2D eigenvalue weighted by molar-refractivity contribution is -0.141. The van der Waals surface area contributed by atoms with Crippen LogP contribution in [-0.2, 0) is 9.59 Å². The van der Waals surface area contributed by atoms with Crippen molar-refractivity contribution in [3.8, 4) is 0 Å². The molecule has 0 aromatic carbocycles. The molecule has 1 saturated heterocycles. The molecule has 2 amide bonds. The van der Waals surface area contributed by atoms with E-state index in [1.807, 2.05) is 0 Å². The number of imide groups is 1. The Morgan fingerprint density at radius 2 is 2.07 bits per heavy atom. The minimum atomic E-state index is -0.180. The van der Waals surface area contributed by atoms with Crippen LogP contribution in [0.2, 0.25) is 0 Å². The summed E-state index contributed by atoms with van der Waals surface area (Å²) in [6.45, 7) is 6.62. The van der Waals surface area contributed by atoms with E-state index in [0.717, 1.165) is 12.8 Å². The average molecular weight is 209 g/mol. The van der Waals surface area contributed by atoms with E-state index in [-0.39, 0.29) is 17.2 Å². The van der Waals surface area contributed by atoms with Crippen LogP contribution >= 0.6 is 0 Å². The molecule has 0 aromatic heterocycles.